The number of aliphatic carboxylic acids is 2. The normalized spacial score (nSPS) is 11.8. The molecule has 0 aliphatic rings. The summed E-state index contributed by atoms with van der Waals surface area (Å²) >= 11 is 0. The van der Waals surface area contributed by atoms with E-state index in [-0.39, 0.29) is 5.41 Å². The van der Waals surface area contributed by atoms with Crippen LogP contribution in [0.3, 0.4) is 0 Å². The lowest BCUT2D eigenvalue weighted by Gasteiger charge is -2.24. The Kier molecular flexibility index (Phi) is 29.6. The van der Waals surface area contributed by atoms with Crippen LogP contribution in [0.5, 0.6) is 0 Å². The lowest BCUT2D eigenvalue weighted by atomic mass is 9.81. The van der Waals surface area contributed by atoms with E-state index in [1.807, 2.05) is 0 Å². The van der Waals surface area contributed by atoms with E-state index in [2.05, 4.69) is 13.8 Å². The van der Waals surface area contributed by atoms with Gasteiger partial charge < -0.3 is 10.2 Å². The van der Waals surface area contributed by atoms with Crippen molar-refractivity contribution >= 4 is 11.9 Å². The van der Waals surface area contributed by atoms with E-state index in [0.29, 0.717) is 12.8 Å². The van der Waals surface area contributed by atoms with E-state index in [0.717, 1.165) is 25.7 Å². The maximum Gasteiger partial charge on any atom is 0.303 e. The highest BCUT2D eigenvalue weighted by Gasteiger charge is 2.16. The van der Waals surface area contributed by atoms with Crippen LogP contribution >= 0.6 is 0 Å². The molecule has 0 rings (SSSR count). The molecule has 0 fully saturated rings. The third-order valence-corrected chi connectivity index (χ3v) is 8.70. The van der Waals surface area contributed by atoms with Gasteiger partial charge >= 0.3 is 11.9 Å². The van der Waals surface area contributed by atoms with Crippen molar-refractivity contribution in [2.45, 2.75) is 205 Å². The number of carboxylic acid groups (broad SMARTS) is 2. The van der Waals surface area contributed by atoms with Crippen molar-refractivity contribution in [2.75, 3.05) is 0 Å². The summed E-state index contributed by atoms with van der Waals surface area (Å²) < 4.78 is 0. The average molecular weight is 579 g/mol. The largest absolute Gasteiger partial charge is 0.481 e. The zero-order valence-electron chi connectivity index (χ0n) is 27.3. The van der Waals surface area contributed by atoms with Crippen LogP contribution in [0.1, 0.15) is 205 Å². The van der Waals surface area contributed by atoms with E-state index < -0.39 is 11.9 Å². The smallest absolute Gasteiger partial charge is 0.303 e. The summed E-state index contributed by atoms with van der Waals surface area (Å²) in [5.74, 6) is -1.32. The molecule has 0 aromatic rings. The summed E-state index contributed by atoms with van der Waals surface area (Å²) in [5.41, 5.74) is 0.0204. The Morgan fingerprint density at radius 1 is 0.341 bits per heavy atom. The molecule has 0 bridgehead atoms. The maximum absolute atomic E-state index is 10.5. The third kappa shape index (κ3) is 35.0. The summed E-state index contributed by atoms with van der Waals surface area (Å²) in [6, 6.07) is 0. The second-order valence-corrected chi connectivity index (χ2v) is 13.2. The molecule has 0 amide bonds. The zero-order valence-corrected chi connectivity index (χ0v) is 27.3. The van der Waals surface area contributed by atoms with Crippen LogP contribution < -0.4 is 0 Å². The molecule has 0 aliphatic heterocycles. The molecule has 0 spiro atoms. The standard InChI is InChI=1S/C37H70O4/c1-37(2,33-29-25-21-17-13-9-5-3-7-11-15-19-23-27-31-35(38)39)34-30-26-22-18-14-10-6-4-8-12-16-20-24-28-32-36(40)41/h1-34H2,(H,38,39)(H,40,41). The van der Waals surface area contributed by atoms with Crippen LogP contribution in [0, 0.1) is 19.3 Å². The van der Waals surface area contributed by atoms with Crippen LogP contribution in [-0.2, 0) is 9.59 Å². The SMILES string of the molecule is [CH2]C([CH2])(CCCCCCCCCCCCCCCCC(=O)O)CCCCCCCCCCCCCCCCC(=O)O. The first-order chi connectivity index (χ1) is 19.8. The van der Waals surface area contributed by atoms with Gasteiger partial charge in [0.25, 0.3) is 0 Å². The molecule has 0 aromatic heterocycles. The highest BCUT2D eigenvalue weighted by Crippen LogP contribution is 2.30. The molecule has 242 valence electrons. The van der Waals surface area contributed by atoms with E-state index in [9.17, 15) is 9.59 Å². The number of hydrogen-bond acceptors (Lipinski definition) is 2. The van der Waals surface area contributed by atoms with Gasteiger partial charge in [0, 0.05) is 12.8 Å². The molecule has 0 saturated heterocycles. The first kappa shape index (κ1) is 39.9. The number of carbonyl (C=O) groups is 2. The molecule has 2 N–H and O–H groups in total. The lowest BCUT2D eigenvalue weighted by Crippen LogP contribution is -2.12. The van der Waals surface area contributed by atoms with Crippen LogP contribution in [0.25, 0.3) is 0 Å². The minimum absolute atomic E-state index is 0.0204. The van der Waals surface area contributed by atoms with E-state index in [1.165, 1.54) is 167 Å². The van der Waals surface area contributed by atoms with Crippen molar-refractivity contribution in [1.82, 2.24) is 0 Å². The number of hydrogen-bond donors (Lipinski definition) is 2. The molecule has 0 heterocycles. The van der Waals surface area contributed by atoms with Crippen molar-refractivity contribution in [3.63, 3.8) is 0 Å². The van der Waals surface area contributed by atoms with E-state index in [4.69, 9.17) is 10.2 Å². The van der Waals surface area contributed by atoms with Crippen LogP contribution in [0.2, 0.25) is 0 Å². The Hall–Kier alpha value is -1.06. The van der Waals surface area contributed by atoms with E-state index in [1.54, 1.807) is 0 Å². The Morgan fingerprint density at radius 3 is 0.707 bits per heavy atom. The number of carboxylic acids is 2. The number of rotatable bonds is 34. The summed E-state index contributed by atoms with van der Waals surface area (Å²) in [6.45, 7) is 8.87. The molecule has 0 saturated carbocycles. The predicted octanol–water partition coefficient (Wildman–Crippen LogP) is 12.3. The maximum atomic E-state index is 10.5. The fourth-order valence-electron chi connectivity index (χ4n) is 5.92. The fourth-order valence-corrected chi connectivity index (χ4v) is 5.92. The summed E-state index contributed by atoms with van der Waals surface area (Å²) in [7, 11) is 0. The quantitative estimate of drug-likeness (QED) is 0.0745. The summed E-state index contributed by atoms with van der Waals surface area (Å²) in [5, 5.41) is 17.3. The van der Waals surface area contributed by atoms with Gasteiger partial charge in [-0.3, -0.25) is 9.59 Å². The average Bonchev–Trinajstić information content (AvgIpc) is 2.92. The molecule has 4 heteroatoms. The summed E-state index contributed by atoms with van der Waals surface area (Å²) in [4.78, 5) is 21.0. The molecule has 0 atom stereocenters. The molecule has 41 heavy (non-hydrogen) atoms. The zero-order chi connectivity index (χ0) is 30.3. The minimum atomic E-state index is -0.661. The van der Waals surface area contributed by atoms with Gasteiger partial charge in [0.05, 0.1) is 0 Å². The predicted molar refractivity (Wildman–Crippen MR) is 176 cm³/mol. The van der Waals surface area contributed by atoms with Gasteiger partial charge in [0.1, 0.15) is 0 Å². The Morgan fingerprint density at radius 2 is 0.512 bits per heavy atom. The van der Waals surface area contributed by atoms with Crippen molar-refractivity contribution in [1.29, 1.82) is 0 Å². The molecule has 0 aromatic carbocycles. The highest BCUT2D eigenvalue weighted by atomic mass is 16.4. The Labute approximate surface area is 256 Å². The first-order valence-corrected chi connectivity index (χ1v) is 18.0. The van der Waals surface area contributed by atoms with Gasteiger partial charge in [-0.1, -0.05) is 167 Å². The second-order valence-electron chi connectivity index (χ2n) is 13.2. The molecular weight excluding hydrogens is 508 g/mol. The fraction of sp³-hybridized carbons (Fsp3) is 0.892. The van der Waals surface area contributed by atoms with E-state index >= 15 is 0 Å². The van der Waals surface area contributed by atoms with Crippen LogP contribution in [0.4, 0.5) is 0 Å². The Bertz CT molecular complexity index is 523. The molecule has 4 nitrogen and oxygen atoms in total. The van der Waals surface area contributed by atoms with Crippen LogP contribution in [-0.4, -0.2) is 22.2 Å². The topological polar surface area (TPSA) is 74.6 Å². The van der Waals surface area contributed by atoms with Gasteiger partial charge in [0.2, 0.25) is 0 Å². The monoisotopic (exact) mass is 579 g/mol. The van der Waals surface area contributed by atoms with Crippen LogP contribution in [0.15, 0.2) is 0 Å². The summed E-state index contributed by atoms with van der Waals surface area (Å²) in [6.07, 6.45) is 38.8. The third-order valence-electron chi connectivity index (χ3n) is 8.70. The second kappa shape index (κ2) is 30.4. The molecular formula is C37H70O4. The molecule has 2 radical (unpaired) electrons. The van der Waals surface area contributed by atoms with Crippen molar-refractivity contribution in [3.8, 4) is 0 Å². The molecule has 0 aliphatic carbocycles. The van der Waals surface area contributed by atoms with Gasteiger partial charge in [-0.2, -0.15) is 0 Å². The van der Waals surface area contributed by atoms with Gasteiger partial charge in [-0.05, 0) is 44.9 Å². The van der Waals surface area contributed by atoms with Gasteiger partial charge in [-0.25, -0.2) is 0 Å². The highest BCUT2D eigenvalue weighted by molar-refractivity contribution is 5.66. The van der Waals surface area contributed by atoms with Gasteiger partial charge in [0.15, 0.2) is 0 Å². The first-order valence-electron chi connectivity index (χ1n) is 18.0. The number of unbranched alkanes of at least 4 members (excludes halogenated alkanes) is 26. The van der Waals surface area contributed by atoms with Crippen molar-refractivity contribution < 1.29 is 19.8 Å². The lowest BCUT2D eigenvalue weighted by molar-refractivity contribution is -0.138. The van der Waals surface area contributed by atoms with Crippen molar-refractivity contribution in [3.05, 3.63) is 13.8 Å². The van der Waals surface area contributed by atoms with Crippen molar-refractivity contribution in [2.24, 2.45) is 5.41 Å². The minimum Gasteiger partial charge on any atom is -0.481 e. The Balaban J connectivity index is 3.29. The van der Waals surface area contributed by atoms with Gasteiger partial charge in [-0.15, -0.1) is 0 Å². The molecule has 0 unspecified atom stereocenters.